The molecule has 0 unspecified atom stereocenters. The second-order valence-corrected chi connectivity index (χ2v) is 3.28. The standard InChI is InChI=1S/C13H17NO.ClH/c1-3-9-14-11-12-7-5-6-8-13(12)15-10-4-2;/h2,5-8,14H,3,9-11H2,1H3;1H. The average Bonchev–Trinajstić information content (AvgIpc) is 2.28. The van der Waals surface area contributed by atoms with Gasteiger partial charge in [-0.1, -0.05) is 31.0 Å². The first kappa shape index (κ1) is 14.8. The van der Waals surface area contributed by atoms with E-state index < -0.39 is 0 Å². The van der Waals surface area contributed by atoms with Crippen LogP contribution in [0.25, 0.3) is 0 Å². The summed E-state index contributed by atoms with van der Waals surface area (Å²) in [5.41, 5.74) is 1.15. The molecule has 0 aromatic heterocycles. The number of hydrogen-bond donors (Lipinski definition) is 1. The van der Waals surface area contributed by atoms with Crippen molar-refractivity contribution in [3.63, 3.8) is 0 Å². The molecule has 0 aliphatic heterocycles. The van der Waals surface area contributed by atoms with Gasteiger partial charge >= 0.3 is 0 Å². The highest BCUT2D eigenvalue weighted by atomic mass is 35.5. The molecule has 3 heteroatoms. The summed E-state index contributed by atoms with van der Waals surface area (Å²) in [5, 5.41) is 3.34. The molecule has 0 fully saturated rings. The number of nitrogens with one attached hydrogen (secondary N) is 1. The van der Waals surface area contributed by atoms with Crippen molar-refractivity contribution in [2.75, 3.05) is 13.2 Å². The van der Waals surface area contributed by atoms with Crippen LogP contribution in [0.1, 0.15) is 18.9 Å². The molecule has 1 aromatic carbocycles. The lowest BCUT2D eigenvalue weighted by atomic mass is 10.2. The van der Waals surface area contributed by atoms with E-state index in [4.69, 9.17) is 11.2 Å². The van der Waals surface area contributed by atoms with E-state index in [1.165, 1.54) is 0 Å². The molecular weight excluding hydrogens is 222 g/mol. The molecule has 88 valence electrons. The van der Waals surface area contributed by atoms with E-state index in [1.807, 2.05) is 18.2 Å². The third-order valence-corrected chi connectivity index (χ3v) is 2.03. The minimum absolute atomic E-state index is 0. The van der Waals surface area contributed by atoms with Crippen molar-refractivity contribution in [1.29, 1.82) is 0 Å². The second kappa shape index (κ2) is 9.08. The Kier molecular flexibility index (Phi) is 8.42. The van der Waals surface area contributed by atoms with Crippen molar-refractivity contribution in [2.24, 2.45) is 0 Å². The van der Waals surface area contributed by atoms with Crippen molar-refractivity contribution >= 4 is 12.4 Å². The third-order valence-electron chi connectivity index (χ3n) is 2.03. The van der Waals surface area contributed by atoms with Crippen LogP contribution in [0.2, 0.25) is 0 Å². The van der Waals surface area contributed by atoms with Crippen LogP contribution in [-0.2, 0) is 6.54 Å². The maximum absolute atomic E-state index is 5.44. The smallest absolute Gasteiger partial charge is 0.148 e. The van der Waals surface area contributed by atoms with Gasteiger partial charge in [-0.2, -0.15) is 0 Å². The van der Waals surface area contributed by atoms with E-state index in [1.54, 1.807) is 0 Å². The van der Waals surface area contributed by atoms with Gasteiger partial charge in [-0.3, -0.25) is 0 Å². The van der Waals surface area contributed by atoms with Crippen LogP contribution in [0.15, 0.2) is 24.3 Å². The normalized spacial score (nSPS) is 9.00. The molecule has 0 heterocycles. The van der Waals surface area contributed by atoms with Gasteiger partial charge in [0.1, 0.15) is 12.4 Å². The molecule has 0 spiro atoms. The summed E-state index contributed by atoms with van der Waals surface area (Å²) in [6, 6.07) is 7.95. The third kappa shape index (κ3) is 5.06. The Labute approximate surface area is 104 Å². The van der Waals surface area contributed by atoms with Gasteiger partial charge in [0.05, 0.1) is 0 Å². The highest BCUT2D eigenvalue weighted by Gasteiger charge is 2.00. The Morgan fingerprint density at radius 1 is 1.38 bits per heavy atom. The Balaban J connectivity index is 0.00000225. The zero-order chi connectivity index (χ0) is 10.9. The molecule has 0 aliphatic carbocycles. The number of para-hydroxylation sites is 1. The summed E-state index contributed by atoms with van der Waals surface area (Å²) in [6.45, 7) is 4.32. The van der Waals surface area contributed by atoms with Gasteiger partial charge in [-0.25, -0.2) is 0 Å². The predicted octanol–water partition coefficient (Wildman–Crippen LogP) is 2.62. The Hall–Kier alpha value is -1.17. The summed E-state index contributed by atoms with van der Waals surface area (Å²) in [5.74, 6) is 3.34. The lowest BCUT2D eigenvalue weighted by molar-refractivity contribution is 0.365. The molecule has 0 aliphatic rings. The van der Waals surface area contributed by atoms with E-state index in [9.17, 15) is 0 Å². The number of halogens is 1. The van der Waals surface area contributed by atoms with E-state index >= 15 is 0 Å². The Morgan fingerprint density at radius 2 is 2.12 bits per heavy atom. The predicted molar refractivity (Wildman–Crippen MR) is 70.0 cm³/mol. The average molecular weight is 240 g/mol. The van der Waals surface area contributed by atoms with Crippen molar-refractivity contribution in [3.05, 3.63) is 29.8 Å². The van der Waals surface area contributed by atoms with Crippen molar-refractivity contribution in [2.45, 2.75) is 19.9 Å². The van der Waals surface area contributed by atoms with Crippen LogP contribution in [0.4, 0.5) is 0 Å². The van der Waals surface area contributed by atoms with E-state index in [-0.39, 0.29) is 12.4 Å². The lowest BCUT2D eigenvalue weighted by Crippen LogP contribution is -2.14. The van der Waals surface area contributed by atoms with E-state index in [2.05, 4.69) is 24.2 Å². The molecule has 0 amide bonds. The topological polar surface area (TPSA) is 21.3 Å². The van der Waals surface area contributed by atoms with Crippen LogP contribution in [0.5, 0.6) is 5.75 Å². The van der Waals surface area contributed by atoms with Crippen molar-refractivity contribution < 1.29 is 4.74 Å². The van der Waals surface area contributed by atoms with Crippen LogP contribution in [0.3, 0.4) is 0 Å². The monoisotopic (exact) mass is 239 g/mol. The number of benzene rings is 1. The fourth-order valence-electron chi connectivity index (χ4n) is 1.31. The molecular formula is C13H18ClNO. The first-order valence-corrected chi connectivity index (χ1v) is 5.23. The molecule has 0 saturated heterocycles. The summed E-state index contributed by atoms with van der Waals surface area (Å²) in [4.78, 5) is 0. The van der Waals surface area contributed by atoms with Gasteiger partial charge in [-0.05, 0) is 19.0 Å². The van der Waals surface area contributed by atoms with Crippen molar-refractivity contribution in [3.8, 4) is 18.1 Å². The van der Waals surface area contributed by atoms with Gasteiger partial charge in [0.25, 0.3) is 0 Å². The summed E-state index contributed by atoms with van der Waals surface area (Å²) < 4.78 is 5.44. The van der Waals surface area contributed by atoms with Crippen LogP contribution in [0, 0.1) is 12.3 Å². The summed E-state index contributed by atoms with van der Waals surface area (Å²) in [7, 11) is 0. The quantitative estimate of drug-likeness (QED) is 0.609. The molecule has 1 N–H and O–H groups in total. The van der Waals surface area contributed by atoms with Crippen LogP contribution >= 0.6 is 12.4 Å². The molecule has 0 radical (unpaired) electrons. The van der Waals surface area contributed by atoms with Crippen LogP contribution in [-0.4, -0.2) is 13.2 Å². The van der Waals surface area contributed by atoms with Gasteiger partial charge < -0.3 is 10.1 Å². The van der Waals surface area contributed by atoms with Crippen molar-refractivity contribution in [1.82, 2.24) is 5.32 Å². The Morgan fingerprint density at radius 3 is 2.81 bits per heavy atom. The van der Waals surface area contributed by atoms with E-state index in [0.29, 0.717) is 6.61 Å². The second-order valence-electron chi connectivity index (χ2n) is 3.28. The number of hydrogen-bond acceptors (Lipinski definition) is 2. The summed E-state index contributed by atoms with van der Waals surface area (Å²) >= 11 is 0. The molecule has 2 nitrogen and oxygen atoms in total. The fraction of sp³-hybridized carbons (Fsp3) is 0.385. The molecule has 16 heavy (non-hydrogen) atoms. The molecule has 1 rings (SSSR count). The maximum Gasteiger partial charge on any atom is 0.148 e. The van der Waals surface area contributed by atoms with Gasteiger partial charge in [0.15, 0.2) is 0 Å². The number of terminal acetylenes is 1. The molecule has 1 aromatic rings. The van der Waals surface area contributed by atoms with Gasteiger partial charge in [-0.15, -0.1) is 18.8 Å². The minimum atomic E-state index is 0. The van der Waals surface area contributed by atoms with Gasteiger partial charge in [0, 0.05) is 12.1 Å². The lowest BCUT2D eigenvalue weighted by Gasteiger charge is -2.09. The Bertz CT molecular complexity index is 333. The minimum Gasteiger partial charge on any atom is -0.481 e. The molecule has 0 atom stereocenters. The first-order chi connectivity index (χ1) is 7.38. The largest absolute Gasteiger partial charge is 0.481 e. The molecule has 0 bridgehead atoms. The fourth-order valence-corrected chi connectivity index (χ4v) is 1.31. The highest BCUT2D eigenvalue weighted by molar-refractivity contribution is 5.85. The number of ether oxygens (including phenoxy) is 1. The number of rotatable bonds is 6. The summed E-state index contributed by atoms with van der Waals surface area (Å²) in [6.07, 6.45) is 6.29. The SMILES string of the molecule is C#CCOc1ccccc1CNCCC.Cl. The van der Waals surface area contributed by atoms with Crippen LogP contribution < -0.4 is 10.1 Å². The zero-order valence-electron chi connectivity index (χ0n) is 9.53. The zero-order valence-corrected chi connectivity index (χ0v) is 10.3. The first-order valence-electron chi connectivity index (χ1n) is 5.23. The maximum atomic E-state index is 5.44. The highest BCUT2D eigenvalue weighted by Crippen LogP contribution is 2.17. The molecule has 0 saturated carbocycles. The van der Waals surface area contributed by atoms with Gasteiger partial charge in [0.2, 0.25) is 0 Å². The van der Waals surface area contributed by atoms with E-state index in [0.717, 1.165) is 30.8 Å².